The number of furan rings is 1. The molecule has 2 heterocycles. The second-order valence-corrected chi connectivity index (χ2v) is 4.91. The zero-order chi connectivity index (χ0) is 14.1. The minimum absolute atomic E-state index is 0.0960. The number of amides is 1. The minimum atomic E-state index is -0.252. The van der Waals surface area contributed by atoms with Crippen LogP contribution in [0.15, 0.2) is 34.9 Å². The molecule has 1 amide bonds. The van der Waals surface area contributed by atoms with E-state index in [9.17, 15) is 9.59 Å². The lowest BCUT2D eigenvalue weighted by molar-refractivity contribution is -0.144. The van der Waals surface area contributed by atoms with Crippen LogP contribution in [0.5, 0.6) is 0 Å². The standard InChI is InChI=1S/C15H15NO4/c1-19-15(18)10-6-7-16(8-10)14(17)12-9-20-13-5-3-2-4-11(12)13/h2-5,9-10H,6-8H2,1H3. The number of methoxy groups -OCH3 is 1. The molecule has 1 aliphatic rings. The van der Waals surface area contributed by atoms with E-state index >= 15 is 0 Å². The molecule has 3 rings (SSSR count). The summed E-state index contributed by atoms with van der Waals surface area (Å²) in [5.41, 5.74) is 1.24. The van der Waals surface area contributed by atoms with Crippen LogP contribution in [0.2, 0.25) is 0 Å². The van der Waals surface area contributed by atoms with E-state index in [2.05, 4.69) is 0 Å². The molecule has 1 atom stereocenters. The van der Waals surface area contributed by atoms with Crippen LogP contribution in [0.1, 0.15) is 16.8 Å². The number of hydrogen-bond donors (Lipinski definition) is 0. The van der Waals surface area contributed by atoms with Gasteiger partial charge in [-0.3, -0.25) is 9.59 Å². The molecule has 0 radical (unpaired) electrons. The first-order chi connectivity index (χ1) is 9.70. The Balaban J connectivity index is 1.82. The van der Waals surface area contributed by atoms with Gasteiger partial charge in [0.1, 0.15) is 11.8 Å². The van der Waals surface area contributed by atoms with Gasteiger partial charge in [0.15, 0.2) is 0 Å². The summed E-state index contributed by atoms with van der Waals surface area (Å²) in [6, 6.07) is 7.42. The van der Waals surface area contributed by atoms with Gasteiger partial charge in [-0.15, -0.1) is 0 Å². The SMILES string of the molecule is COC(=O)C1CCN(C(=O)c2coc3ccccc23)C1. The minimum Gasteiger partial charge on any atom is -0.469 e. The molecule has 1 saturated heterocycles. The quantitative estimate of drug-likeness (QED) is 0.786. The van der Waals surface area contributed by atoms with Gasteiger partial charge in [0.05, 0.1) is 18.6 Å². The molecule has 1 unspecified atom stereocenters. The zero-order valence-corrected chi connectivity index (χ0v) is 11.2. The van der Waals surface area contributed by atoms with Crippen LogP contribution in [0.4, 0.5) is 0 Å². The van der Waals surface area contributed by atoms with E-state index in [0.29, 0.717) is 30.7 Å². The maximum atomic E-state index is 12.5. The average molecular weight is 273 g/mol. The van der Waals surface area contributed by atoms with Gasteiger partial charge in [0.2, 0.25) is 0 Å². The Morgan fingerprint density at radius 2 is 2.15 bits per heavy atom. The van der Waals surface area contributed by atoms with E-state index in [1.165, 1.54) is 13.4 Å². The first kappa shape index (κ1) is 12.7. The second kappa shape index (κ2) is 5.00. The molecule has 0 bridgehead atoms. The predicted molar refractivity (Wildman–Crippen MR) is 72.2 cm³/mol. The molecular weight excluding hydrogens is 258 g/mol. The Morgan fingerprint density at radius 3 is 2.95 bits per heavy atom. The highest BCUT2D eigenvalue weighted by atomic mass is 16.5. The van der Waals surface area contributed by atoms with Crippen LogP contribution in [0, 0.1) is 5.92 Å². The van der Waals surface area contributed by atoms with Gasteiger partial charge >= 0.3 is 5.97 Å². The number of carbonyl (C=O) groups is 2. The molecule has 1 aliphatic heterocycles. The number of carbonyl (C=O) groups excluding carboxylic acids is 2. The number of hydrogen-bond acceptors (Lipinski definition) is 4. The van der Waals surface area contributed by atoms with Crippen molar-refractivity contribution in [2.24, 2.45) is 5.92 Å². The maximum absolute atomic E-state index is 12.5. The number of ether oxygens (including phenoxy) is 1. The molecule has 5 heteroatoms. The third kappa shape index (κ3) is 2.05. The van der Waals surface area contributed by atoms with E-state index in [1.54, 1.807) is 4.90 Å². The summed E-state index contributed by atoms with van der Waals surface area (Å²) in [5.74, 6) is -0.569. The molecule has 20 heavy (non-hydrogen) atoms. The van der Waals surface area contributed by atoms with E-state index < -0.39 is 0 Å². The molecule has 5 nitrogen and oxygen atoms in total. The number of likely N-dealkylation sites (tertiary alicyclic amines) is 1. The Kier molecular flexibility index (Phi) is 3.18. The Hall–Kier alpha value is -2.30. The van der Waals surface area contributed by atoms with Crippen molar-refractivity contribution in [2.45, 2.75) is 6.42 Å². The van der Waals surface area contributed by atoms with Crippen molar-refractivity contribution in [3.05, 3.63) is 36.1 Å². The summed E-state index contributed by atoms with van der Waals surface area (Å²) in [7, 11) is 1.37. The van der Waals surface area contributed by atoms with Crippen LogP contribution in [-0.2, 0) is 9.53 Å². The lowest BCUT2D eigenvalue weighted by Crippen LogP contribution is -2.30. The van der Waals surface area contributed by atoms with E-state index in [-0.39, 0.29) is 17.8 Å². The molecular formula is C15H15NO4. The van der Waals surface area contributed by atoms with Crippen molar-refractivity contribution >= 4 is 22.8 Å². The smallest absolute Gasteiger partial charge is 0.310 e. The third-order valence-electron chi connectivity index (χ3n) is 3.72. The lowest BCUT2D eigenvalue weighted by atomic mass is 10.1. The highest BCUT2D eigenvalue weighted by Gasteiger charge is 2.33. The molecule has 1 aromatic carbocycles. The summed E-state index contributed by atoms with van der Waals surface area (Å²) in [5, 5.41) is 0.805. The van der Waals surface area contributed by atoms with Crippen molar-refractivity contribution in [3.63, 3.8) is 0 Å². The number of nitrogens with zero attached hydrogens (tertiary/aromatic N) is 1. The van der Waals surface area contributed by atoms with Crippen molar-refractivity contribution in [2.75, 3.05) is 20.2 Å². The number of benzene rings is 1. The highest BCUT2D eigenvalue weighted by Crippen LogP contribution is 2.25. The van der Waals surface area contributed by atoms with Crippen molar-refractivity contribution in [1.82, 2.24) is 4.90 Å². The van der Waals surface area contributed by atoms with Crippen molar-refractivity contribution in [1.29, 1.82) is 0 Å². The van der Waals surface area contributed by atoms with Crippen LogP contribution in [0.25, 0.3) is 11.0 Å². The molecule has 0 N–H and O–H groups in total. The third-order valence-corrected chi connectivity index (χ3v) is 3.72. The monoisotopic (exact) mass is 273 g/mol. The molecule has 2 aromatic rings. The van der Waals surface area contributed by atoms with Gasteiger partial charge < -0.3 is 14.1 Å². The van der Waals surface area contributed by atoms with Gasteiger partial charge in [-0.2, -0.15) is 0 Å². The first-order valence-corrected chi connectivity index (χ1v) is 6.54. The molecule has 0 saturated carbocycles. The van der Waals surface area contributed by atoms with Crippen molar-refractivity contribution < 1.29 is 18.7 Å². The van der Waals surface area contributed by atoms with Crippen LogP contribution < -0.4 is 0 Å². The van der Waals surface area contributed by atoms with Gasteiger partial charge in [0.25, 0.3) is 5.91 Å². The fourth-order valence-corrected chi connectivity index (χ4v) is 2.62. The van der Waals surface area contributed by atoms with Gasteiger partial charge in [-0.05, 0) is 12.5 Å². The topological polar surface area (TPSA) is 59.8 Å². The summed E-state index contributed by atoms with van der Waals surface area (Å²) < 4.78 is 10.1. The average Bonchev–Trinajstić information content (AvgIpc) is 3.12. The summed E-state index contributed by atoms with van der Waals surface area (Å²) in [4.78, 5) is 25.7. The molecule has 1 aromatic heterocycles. The fourth-order valence-electron chi connectivity index (χ4n) is 2.62. The van der Waals surface area contributed by atoms with Gasteiger partial charge in [-0.25, -0.2) is 0 Å². The zero-order valence-electron chi connectivity index (χ0n) is 11.2. The second-order valence-electron chi connectivity index (χ2n) is 4.91. The lowest BCUT2D eigenvalue weighted by Gasteiger charge is -2.15. The predicted octanol–water partition coefficient (Wildman–Crippen LogP) is 2.07. The normalized spacial score (nSPS) is 18.4. The number of rotatable bonds is 2. The molecule has 104 valence electrons. The van der Waals surface area contributed by atoms with Crippen LogP contribution in [0.3, 0.4) is 0 Å². The molecule has 1 fully saturated rings. The number of esters is 1. The first-order valence-electron chi connectivity index (χ1n) is 6.54. The Morgan fingerprint density at radius 1 is 1.35 bits per heavy atom. The van der Waals surface area contributed by atoms with Gasteiger partial charge in [0, 0.05) is 18.5 Å². The largest absolute Gasteiger partial charge is 0.469 e. The number of para-hydroxylation sites is 1. The summed E-state index contributed by atoms with van der Waals surface area (Å²) >= 11 is 0. The fraction of sp³-hybridized carbons (Fsp3) is 0.333. The van der Waals surface area contributed by atoms with E-state index in [1.807, 2.05) is 24.3 Å². The van der Waals surface area contributed by atoms with Gasteiger partial charge in [-0.1, -0.05) is 18.2 Å². The van der Waals surface area contributed by atoms with Crippen LogP contribution in [-0.4, -0.2) is 37.0 Å². The van der Waals surface area contributed by atoms with Crippen LogP contribution >= 0.6 is 0 Å². The van der Waals surface area contributed by atoms with Crippen molar-refractivity contribution in [3.8, 4) is 0 Å². The van der Waals surface area contributed by atoms with E-state index in [0.717, 1.165) is 5.39 Å². The summed E-state index contributed by atoms with van der Waals surface area (Å²) in [6.45, 7) is 0.975. The number of fused-ring (bicyclic) bond motifs is 1. The Bertz CT molecular complexity index is 661. The molecule has 0 aliphatic carbocycles. The Labute approximate surface area is 116 Å². The summed E-state index contributed by atoms with van der Waals surface area (Å²) in [6.07, 6.45) is 2.13. The highest BCUT2D eigenvalue weighted by molar-refractivity contribution is 6.06. The van der Waals surface area contributed by atoms with E-state index in [4.69, 9.17) is 9.15 Å². The maximum Gasteiger partial charge on any atom is 0.310 e. The molecule has 0 spiro atoms.